The van der Waals surface area contributed by atoms with Gasteiger partial charge in [-0.25, -0.2) is 14.2 Å². The molecule has 3 aromatic carbocycles. The van der Waals surface area contributed by atoms with Crippen molar-refractivity contribution in [2.24, 2.45) is 4.99 Å². The lowest BCUT2D eigenvalue weighted by Gasteiger charge is -2.37. The van der Waals surface area contributed by atoms with Crippen LogP contribution in [0.2, 0.25) is 0 Å². The van der Waals surface area contributed by atoms with Crippen LogP contribution in [0.1, 0.15) is 41.1 Å². The molecule has 2 amide bonds. The number of aryl methyl sites for hydroxylation is 2. The largest absolute Gasteiger partial charge is 0.445 e. The smallest absolute Gasteiger partial charge is 0.410 e. The minimum absolute atomic E-state index is 0.163. The summed E-state index contributed by atoms with van der Waals surface area (Å²) in [4.78, 5) is 36.8. The molecule has 2 aliphatic heterocycles. The SMILES string of the molecule is Cc1cc(F)cc(N2C=Nc3cc(C)c(Br)cc3C2C(=O)N(C)C[C@@H]2CCCN2C(=O)OCc2ccccc2)c1. The van der Waals surface area contributed by atoms with Crippen LogP contribution in [0.15, 0.2) is 70.1 Å². The number of fused-ring (bicyclic) bond motifs is 1. The molecule has 9 heteroatoms. The van der Waals surface area contributed by atoms with Gasteiger partial charge in [-0.05, 0) is 73.7 Å². The van der Waals surface area contributed by atoms with Gasteiger partial charge in [-0.2, -0.15) is 0 Å². The van der Waals surface area contributed by atoms with E-state index in [1.54, 1.807) is 28.1 Å². The Morgan fingerprint density at radius 1 is 1.12 bits per heavy atom. The Kier molecular flexibility index (Phi) is 8.21. The average Bonchev–Trinajstić information content (AvgIpc) is 3.39. The van der Waals surface area contributed by atoms with E-state index < -0.39 is 6.04 Å². The molecule has 2 heterocycles. The molecular weight excluding hydrogens is 575 g/mol. The molecule has 2 aliphatic rings. The highest BCUT2D eigenvalue weighted by molar-refractivity contribution is 9.10. The molecule has 0 radical (unpaired) electrons. The van der Waals surface area contributed by atoms with Gasteiger partial charge in [0, 0.05) is 35.9 Å². The summed E-state index contributed by atoms with van der Waals surface area (Å²) < 4.78 is 20.9. The number of hydrogen-bond donors (Lipinski definition) is 0. The lowest BCUT2D eigenvalue weighted by atomic mass is 9.97. The van der Waals surface area contributed by atoms with E-state index in [0.717, 1.165) is 39.6 Å². The summed E-state index contributed by atoms with van der Waals surface area (Å²) in [5, 5.41) is 0. The quantitative estimate of drug-likeness (QED) is 0.314. The molecule has 3 aromatic rings. The zero-order valence-electron chi connectivity index (χ0n) is 22.8. The highest BCUT2D eigenvalue weighted by Gasteiger charge is 2.37. The number of carbonyl (C=O) groups is 2. The predicted molar refractivity (Wildman–Crippen MR) is 157 cm³/mol. The Balaban J connectivity index is 1.37. The molecule has 0 spiro atoms. The molecule has 1 unspecified atom stereocenters. The van der Waals surface area contributed by atoms with Gasteiger partial charge in [0.1, 0.15) is 18.5 Å². The molecule has 1 saturated heterocycles. The first-order chi connectivity index (χ1) is 19.2. The second kappa shape index (κ2) is 11.8. The fourth-order valence-electron chi connectivity index (χ4n) is 5.37. The molecule has 7 nitrogen and oxygen atoms in total. The van der Waals surface area contributed by atoms with Crippen LogP contribution in [0.4, 0.5) is 20.6 Å². The number of nitrogens with zero attached hydrogens (tertiary/aromatic N) is 4. The maximum absolute atomic E-state index is 14.4. The van der Waals surface area contributed by atoms with E-state index in [-0.39, 0.29) is 30.5 Å². The van der Waals surface area contributed by atoms with Crippen LogP contribution >= 0.6 is 15.9 Å². The van der Waals surface area contributed by atoms with Gasteiger partial charge in [-0.15, -0.1) is 0 Å². The molecule has 1 fully saturated rings. The van der Waals surface area contributed by atoms with Crippen molar-refractivity contribution in [1.29, 1.82) is 0 Å². The number of rotatable bonds is 6. The predicted octanol–water partition coefficient (Wildman–Crippen LogP) is 6.69. The molecule has 2 atom stereocenters. The Morgan fingerprint density at radius 3 is 2.65 bits per heavy atom. The maximum atomic E-state index is 14.4. The number of amides is 2. The third-order valence-corrected chi connectivity index (χ3v) is 8.29. The average molecular weight is 608 g/mol. The number of anilines is 1. The molecule has 0 saturated carbocycles. The summed E-state index contributed by atoms with van der Waals surface area (Å²) >= 11 is 3.60. The molecule has 0 bridgehead atoms. The van der Waals surface area contributed by atoms with Crippen LogP contribution in [0, 0.1) is 19.7 Å². The lowest BCUT2D eigenvalue weighted by molar-refractivity contribution is -0.131. The fraction of sp³-hybridized carbons (Fsp3) is 0.323. The first kappa shape index (κ1) is 27.8. The van der Waals surface area contributed by atoms with Crippen molar-refractivity contribution in [1.82, 2.24) is 9.80 Å². The van der Waals surface area contributed by atoms with Crippen molar-refractivity contribution in [3.63, 3.8) is 0 Å². The van der Waals surface area contributed by atoms with Crippen molar-refractivity contribution in [2.45, 2.75) is 45.4 Å². The Labute approximate surface area is 242 Å². The van der Waals surface area contributed by atoms with Gasteiger partial charge in [0.2, 0.25) is 5.91 Å². The number of likely N-dealkylation sites (N-methyl/N-ethyl adjacent to an activating group) is 1. The Bertz CT molecular complexity index is 1430. The minimum Gasteiger partial charge on any atom is -0.445 e. The third-order valence-electron chi connectivity index (χ3n) is 7.44. The Morgan fingerprint density at radius 2 is 1.90 bits per heavy atom. The summed E-state index contributed by atoms with van der Waals surface area (Å²) in [6.45, 7) is 4.92. The molecule has 40 heavy (non-hydrogen) atoms. The minimum atomic E-state index is -0.754. The van der Waals surface area contributed by atoms with Gasteiger partial charge >= 0.3 is 6.09 Å². The van der Waals surface area contributed by atoms with Gasteiger partial charge in [0.05, 0.1) is 18.1 Å². The van der Waals surface area contributed by atoms with Crippen LogP contribution in [0.25, 0.3) is 0 Å². The van der Waals surface area contributed by atoms with Crippen LogP contribution in [0.5, 0.6) is 0 Å². The normalized spacial score (nSPS) is 18.0. The van der Waals surface area contributed by atoms with Crippen LogP contribution < -0.4 is 4.90 Å². The molecule has 208 valence electrons. The summed E-state index contributed by atoms with van der Waals surface area (Å²) in [6.07, 6.45) is 2.84. The summed E-state index contributed by atoms with van der Waals surface area (Å²) in [6, 6.07) is 17.2. The molecule has 5 rings (SSSR count). The molecule has 0 aliphatic carbocycles. The van der Waals surface area contributed by atoms with Crippen molar-refractivity contribution in [3.8, 4) is 0 Å². The second-order valence-electron chi connectivity index (χ2n) is 10.4. The standard InChI is InChI=1S/C31H32BrFN4O3/c1-20-12-23(33)15-25(13-20)37-19-34-28-14-21(2)27(32)16-26(28)29(37)30(38)35(3)17-24-10-7-11-36(24)31(39)40-18-22-8-5-4-6-9-22/h4-6,8-9,12-16,19,24,29H,7,10-11,17-18H2,1-3H3/t24-,29?/m0/s1. The summed E-state index contributed by atoms with van der Waals surface area (Å²) in [7, 11) is 1.75. The zero-order chi connectivity index (χ0) is 28.4. The van der Waals surface area contributed by atoms with E-state index in [0.29, 0.717) is 24.5 Å². The lowest BCUT2D eigenvalue weighted by Crippen LogP contribution is -2.48. The maximum Gasteiger partial charge on any atom is 0.410 e. The molecule has 0 aromatic heterocycles. The van der Waals surface area contributed by atoms with Crippen molar-refractivity contribution >= 4 is 45.6 Å². The number of benzene rings is 3. The highest BCUT2D eigenvalue weighted by atomic mass is 79.9. The molecule has 0 N–H and O–H groups in total. The summed E-state index contributed by atoms with van der Waals surface area (Å²) in [5.41, 5.74) is 4.64. The zero-order valence-corrected chi connectivity index (χ0v) is 24.4. The number of aliphatic imine (C=N–C) groups is 1. The number of carbonyl (C=O) groups excluding carboxylic acids is 2. The van der Waals surface area contributed by atoms with Crippen molar-refractivity contribution < 1.29 is 18.7 Å². The fourth-order valence-corrected chi connectivity index (χ4v) is 5.73. The first-order valence-corrected chi connectivity index (χ1v) is 14.1. The molecular formula is C31H32BrFN4O3. The van der Waals surface area contributed by atoms with Crippen molar-refractivity contribution in [2.75, 3.05) is 25.0 Å². The Hall–Kier alpha value is -3.72. The van der Waals surface area contributed by atoms with E-state index in [9.17, 15) is 14.0 Å². The van der Waals surface area contributed by atoms with Gasteiger partial charge in [0.15, 0.2) is 0 Å². The monoisotopic (exact) mass is 606 g/mol. The topological polar surface area (TPSA) is 65.5 Å². The van der Waals surface area contributed by atoms with E-state index in [4.69, 9.17) is 4.74 Å². The number of ether oxygens (including phenoxy) is 1. The number of hydrogen-bond acceptors (Lipinski definition) is 5. The highest BCUT2D eigenvalue weighted by Crippen LogP contribution is 2.40. The number of likely N-dealkylation sites (tertiary alicyclic amines) is 1. The van der Waals surface area contributed by atoms with Crippen LogP contribution in [-0.2, 0) is 16.1 Å². The third kappa shape index (κ3) is 5.89. The van der Waals surface area contributed by atoms with E-state index in [2.05, 4.69) is 20.9 Å². The van der Waals surface area contributed by atoms with Crippen LogP contribution in [-0.4, -0.2) is 54.3 Å². The van der Waals surface area contributed by atoms with Gasteiger partial charge in [-0.1, -0.05) is 46.3 Å². The van der Waals surface area contributed by atoms with Crippen LogP contribution in [0.3, 0.4) is 0 Å². The van der Waals surface area contributed by atoms with Gasteiger partial charge in [-0.3, -0.25) is 4.79 Å². The number of halogens is 2. The van der Waals surface area contributed by atoms with Gasteiger partial charge in [0.25, 0.3) is 0 Å². The van der Waals surface area contributed by atoms with Crippen molar-refractivity contribution in [3.05, 3.63) is 93.2 Å². The van der Waals surface area contributed by atoms with Gasteiger partial charge < -0.3 is 19.4 Å². The van der Waals surface area contributed by atoms with E-state index in [1.165, 1.54) is 12.1 Å². The van der Waals surface area contributed by atoms with E-state index >= 15 is 0 Å². The second-order valence-corrected chi connectivity index (χ2v) is 11.3. The van der Waals surface area contributed by atoms with E-state index in [1.807, 2.05) is 62.4 Å². The first-order valence-electron chi connectivity index (χ1n) is 13.3. The summed E-state index contributed by atoms with van der Waals surface area (Å²) in [5.74, 6) is -0.552.